The number of halogens is 4. The molecule has 1 atom stereocenters. The Bertz CT molecular complexity index is 634. The Morgan fingerprint density at radius 2 is 1.90 bits per heavy atom. The highest BCUT2D eigenvalue weighted by atomic mass is 79.9. The highest BCUT2D eigenvalue weighted by molar-refractivity contribution is 9.10. The van der Waals surface area contributed by atoms with E-state index in [2.05, 4.69) is 21.2 Å². The van der Waals surface area contributed by atoms with Crippen molar-refractivity contribution >= 4 is 27.5 Å². The van der Waals surface area contributed by atoms with Crippen molar-refractivity contribution in [3.8, 4) is 0 Å². The van der Waals surface area contributed by atoms with E-state index in [0.29, 0.717) is 28.6 Å². The molecule has 2 aromatic carbocycles. The van der Waals surface area contributed by atoms with Gasteiger partial charge >= 0.3 is 0 Å². The fraction of sp³-hybridized carbons (Fsp3) is 0.250. The van der Waals surface area contributed by atoms with Gasteiger partial charge in [0.1, 0.15) is 11.6 Å². The van der Waals surface area contributed by atoms with Gasteiger partial charge in [-0.2, -0.15) is 0 Å². The molecule has 0 heterocycles. The first-order chi connectivity index (χ1) is 10.0. The van der Waals surface area contributed by atoms with Crippen LogP contribution in [-0.4, -0.2) is 6.54 Å². The van der Waals surface area contributed by atoms with Gasteiger partial charge < -0.3 is 5.32 Å². The summed E-state index contributed by atoms with van der Waals surface area (Å²) in [6, 6.07) is 9.55. The number of likely N-dealkylation sites (N-methyl/N-ethyl adjacent to an activating group) is 1. The zero-order valence-electron chi connectivity index (χ0n) is 11.5. The van der Waals surface area contributed by atoms with Crippen molar-refractivity contribution in [2.45, 2.75) is 19.4 Å². The van der Waals surface area contributed by atoms with Crippen LogP contribution in [0.2, 0.25) is 5.02 Å². The van der Waals surface area contributed by atoms with E-state index in [0.717, 1.165) is 0 Å². The van der Waals surface area contributed by atoms with E-state index in [1.54, 1.807) is 30.3 Å². The van der Waals surface area contributed by atoms with Crippen LogP contribution in [0.4, 0.5) is 8.78 Å². The SMILES string of the molecule is CCNC(Cc1ccccc1F)c1ccc(Br)c(Cl)c1F. The van der Waals surface area contributed by atoms with Crippen LogP contribution in [0.25, 0.3) is 0 Å². The van der Waals surface area contributed by atoms with E-state index in [9.17, 15) is 8.78 Å². The Balaban J connectivity index is 2.36. The van der Waals surface area contributed by atoms with Gasteiger partial charge in [-0.1, -0.05) is 42.8 Å². The molecule has 0 aliphatic rings. The third-order valence-corrected chi connectivity index (χ3v) is 4.53. The van der Waals surface area contributed by atoms with Crippen LogP contribution < -0.4 is 5.32 Å². The Labute approximate surface area is 136 Å². The third kappa shape index (κ3) is 3.82. The lowest BCUT2D eigenvalue weighted by Gasteiger charge is -2.20. The van der Waals surface area contributed by atoms with Crippen LogP contribution in [-0.2, 0) is 6.42 Å². The van der Waals surface area contributed by atoms with Gasteiger partial charge in [0.2, 0.25) is 0 Å². The Hall–Kier alpha value is -0.970. The van der Waals surface area contributed by atoms with Crippen LogP contribution in [0.3, 0.4) is 0 Å². The van der Waals surface area contributed by atoms with Gasteiger partial charge in [0.05, 0.1) is 5.02 Å². The molecule has 0 aliphatic carbocycles. The third-order valence-electron chi connectivity index (χ3n) is 3.27. The lowest BCUT2D eigenvalue weighted by molar-refractivity contribution is 0.498. The zero-order chi connectivity index (χ0) is 15.4. The second-order valence-electron chi connectivity index (χ2n) is 4.67. The van der Waals surface area contributed by atoms with Gasteiger partial charge in [0.25, 0.3) is 0 Å². The van der Waals surface area contributed by atoms with E-state index in [4.69, 9.17) is 11.6 Å². The summed E-state index contributed by atoms with van der Waals surface area (Å²) in [6.45, 7) is 2.57. The molecule has 1 N–H and O–H groups in total. The Kier molecular flexibility index (Phi) is 5.73. The van der Waals surface area contributed by atoms with Crippen molar-refractivity contribution in [3.63, 3.8) is 0 Å². The average molecular weight is 375 g/mol. The Morgan fingerprint density at radius 3 is 2.57 bits per heavy atom. The van der Waals surface area contributed by atoms with Crippen LogP contribution in [0.15, 0.2) is 40.9 Å². The molecule has 0 saturated carbocycles. The van der Waals surface area contributed by atoms with Crippen LogP contribution in [0.1, 0.15) is 24.1 Å². The van der Waals surface area contributed by atoms with Crippen LogP contribution >= 0.6 is 27.5 Å². The number of hydrogen-bond donors (Lipinski definition) is 1. The van der Waals surface area contributed by atoms with Gasteiger partial charge in [0.15, 0.2) is 0 Å². The van der Waals surface area contributed by atoms with Crippen molar-refractivity contribution < 1.29 is 8.78 Å². The van der Waals surface area contributed by atoms with Crippen molar-refractivity contribution in [2.24, 2.45) is 0 Å². The number of rotatable bonds is 5. The molecule has 0 radical (unpaired) electrons. The maximum Gasteiger partial charge on any atom is 0.147 e. The molecule has 5 heteroatoms. The molecule has 112 valence electrons. The summed E-state index contributed by atoms with van der Waals surface area (Å²) in [5.41, 5.74) is 0.982. The number of hydrogen-bond acceptors (Lipinski definition) is 1. The normalized spacial score (nSPS) is 12.4. The fourth-order valence-electron chi connectivity index (χ4n) is 2.23. The van der Waals surface area contributed by atoms with Crippen molar-refractivity contribution in [1.82, 2.24) is 5.32 Å². The van der Waals surface area contributed by atoms with Gasteiger partial charge in [-0.25, -0.2) is 8.78 Å². The minimum atomic E-state index is -0.478. The topological polar surface area (TPSA) is 12.0 Å². The lowest BCUT2D eigenvalue weighted by atomic mass is 9.98. The molecule has 2 aromatic rings. The predicted octanol–water partition coefficient (Wildman–Crippen LogP) is 5.27. The summed E-state index contributed by atoms with van der Waals surface area (Å²) < 4.78 is 28.6. The van der Waals surface area contributed by atoms with Crippen molar-refractivity contribution in [2.75, 3.05) is 6.54 Å². The van der Waals surface area contributed by atoms with Crippen molar-refractivity contribution in [1.29, 1.82) is 0 Å². The molecule has 21 heavy (non-hydrogen) atoms. The maximum absolute atomic E-state index is 14.3. The zero-order valence-corrected chi connectivity index (χ0v) is 13.8. The molecule has 0 bridgehead atoms. The second-order valence-corrected chi connectivity index (χ2v) is 5.90. The van der Waals surface area contributed by atoms with Crippen molar-refractivity contribution in [3.05, 3.63) is 68.7 Å². The maximum atomic E-state index is 14.3. The minimum absolute atomic E-state index is 0.0453. The van der Waals surface area contributed by atoms with E-state index in [1.165, 1.54) is 6.07 Å². The largest absolute Gasteiger partial charge is 0.310 e. The average Bonchev–Trinajstić information content (AvgIpc) is 2.47. The van der Waals surface area contributed by atoms with Gasteiger partial charge in [-0.15, -0.1) is 0 Å². The van der Waals surface area contributed by atoms with E-state index < -0.39 is 5.82 Å². The highest BCUT2D eigenvalue weighted by Gasteiger charge is 2.20. The summed E-state index contributed by atoms with van der Waals surface area (Å²) in [6.07, 6.45) is 0.357. The van der Waals surface area contributed by atoms with Crippen LogP contribution in [0.5, 0.6) is 0 Å². The summed E-state index contributed by atoms with van der Waals surface area (Å²) in [5.74, 6) is -0.766. The molecule has 1 nitrogen and oxygen atoms in total. The van der Waals surface area contributed by atoms with Gasteiger partial charge in [-0.05, 0) is 46.6 Å². The molecule has 0 spiro atoms. The molecule has 0 fully saturated rings. The molecule has 0 aliphatic heterocycles. The smallest absolute Gasteiger partial charge is 0.147 e. The molecular weight excluding hydrogens is 360 g/mol. The molecule has 0 amide bonds. The number of benzene rings is 2. The first-order valence-corrected chi connectivity index (χ1v) is 7.81. The molecule has 1 unspecified atom stereocenters. The van der Waals surface area contributed by atoms with E-state index in [1.807, 2.05) is 6.92 Å². The van der Waals surface area contributed by atoms with E-state index >= 15 is 0 Å². The highest BCUT2D eigenvalue weighted by Crippen LogP contribution is 2.31. The second kappa shape index (κ2) is 7.34. The Morgan fingerprint density at radius 1 is 1.19 bits per heavy atom. The first-order valence-electron chi connectivity index (χ1n) is 6.64. The summed E-state index contributed by atoms with van der Waals surface area (Å²) >= 11 is 9.13. The summed E-state index contributed by atoms with van der Waals surface area (Å²) in [7, 11) is 0. The summed E-state index contributed by atoms with van der Waals surface area (Å²) in [4.78, 5) is 0. The van der Waals surface area contributed by atoms with Crippen LogP contribution in [0, 0.1) is 11.6 Å². The van der Waals surface area contributed by atoms with Gasteiger partial charge in [0, 0.05) is 16.1 Å². The number of nitrogens with one attached hydrogen (secondary N) is 1. The molecule has 0 saturated heterocycles. The van der Waals surface area contributed by atoms with E-state index in [-0.39, 0.29) is 16.9 Å². The monoisotopic (exact) mass is 373 g/mol. The lowest BCUT2D eigenvalue weighted by Crippen LogP contribution is -2.24. The fourth-order valence-corrected chi connectivity index (χ4v) is 2.71. The minimum Gasteiger partial charge on any atom is -0.310 e. The predicted molar refractivity (Wildman–Crippen MR) is 85.6 cm³/mol. The first kappa shape index (κ1) is 16.4. The molecule has 2 rings (SSSR count). The van der Waals surface area contributed by atoms with Gasteiger partial charge in [-0.3, -0.25) is 0 Å². The standard InChI is InChI=1S/C16H15BrClF2N/c1-2-21-14(9-10-5-3-4-6-13(10)19)11-7-8-12(17)15(18)16(11)20/h3-8,14,21H,2,9H2,1H3. The quantitative estimate of drug-likeness (QED) is 0.703. The molecular formula is C16H15BrClF2N. The summed E-state index contributed by atoms with van der Waals surface area (Å²) in [5, 5.41) is 3.23. The molecule has 0 aromatic heterocycles.